The van der Waals surface area contributed by atoms with Crippen LogP contribution in [0.25, 0.3) is 11.0 Å². The van der Waals surface area contributed by atoms with Crippen LogP contribution in [0.2, 0.25) is 0 Å². The van der Waals surface area contributed by atoms with Crippen molar-refractivity contribution in [3.63, 3.8) is 0 Å². The smallest absolute Gasteiger partial charge is 0.387 e. The van der Waals surface area contributed by atoms with Gasteiger partial charge in [-0.3, -0.25) is 4.68 Å². The van der Waals surface area contributed by atoms with E-state index in [9.17, 15) is 8.78 Å². The van der Waals surface area contributed by atoms with E-state index in [0.29, 0.717) is 29.6 Å². The lowest BCUT2D eigenvalue weighted by atomic mass is 10.3. The number of hydrogen-bond acceptors (Lipinski definition) is 7. The number of nitrogens with one attached hydrogen (secondary N) is 2. The van der Waals surface area contributed by atoms with Crippen LogP contribution in [0.15, 0.2) is 30.5 Å². The first kappa shape index (κ1) is 17.4. The summed E-state index contributed by atoms with van der Waals surface area (Å²) in [5.41, 5.74) is 7.26. The van der Waals surface area contributed by atoms with Crippen LogP contribution in [0.4, 0.5) is 26.2 Å². The first-order valence-electron chi connectivity index (χ1n) is 8.46. The Morgan fingerprint density at radius 2 is 2.00 bits per heavy atom. The molecule has 2 heterocycles. The van der Waals surface area contributed by atoms with Crippen molar-refractivity contribution in [3.8, 4) is 5.75 Å². The molecule has 1 aliphatic carbocycles. The topological polar surface area (TPSA) is 103 Å². The number of alkyl halides is 2. The molecule has 4 rings (SSSR count). The molecule has 4 N–H and O–H groups in total. The third-order valence-corrected chi connectivity index (χ3v) is 4.43. The quantitative estimate of drug-likeness (QED) is 0.583. The van der Waals surface area contributed by atoms with Gasteiger partial charge in [0, 0.05) is 24.8 Å². The highest BCUT2D eigenvalue weighted by Crippen LogP contribution is 2.32. The maximum absolute atomic E-state index is 12.3. The molecule has 1 fully saturated rings. The van der Waals surface area contributed by atoms with Gasteiger partial charge in [-0.2, -0.15) is 23.8 Å². The number of aromatic nitrogens is 4. The predicted octanol–water partition coefficient (Wildman–Crippen LogP) is 2.61. The van der Waals surface area contributed by atoms with Crippen LogP contribution in [-0.2, 0) is 7.05 Å². The second-order valence-corrected chi connectivity index (χ2v) is 6.65. The molecule has 1 saturated carbocycles. The summed E-state index contributed by atoms with van der Waals surface area (Å²) in [6.07, 6.45) is 3.62. The molecule has 2 aromatic heterocycles. The van der Waals surface area contributed by atoms with Gasteiger partial charge in [0.15, 0.2) is 5.65 Å². The van der Waals surface area contributed by atoms with E-state index in [1.807, 2.05) is 0 Å². The molecule has 0 bridgehead atoms. The monoisotopic (exact) mass is 375 g/mol. The molecule has 0 atom stereocenters. The standard InChI is InChI=1S/C17H19F2N7O/c1-26-14-12(8-22-26)13(24-16(25-14)21-9-17(20)6-7-17)23-10-2-4-11(5-3-10)27-15(18)19/h2-5,8,15H,6-7,9,20H2,1H3,(H2,21,23,24,25). The third-order valence-electron chi connectivity index (χ3n) is 4.43. The Balaban J connectivity index is 1.59. The van der Waals surface area contributed by atoms with E-state index in [4.69, 9.17) is 5.73 Å². The van der Waals surface area contributed by atoms with Gasteiger partial charge in [0.25, 0.3) is 0 Å². The Hall–Kier alpha value is -3.01. The zero-order valence-corrected chi connectivity index (χ0v) is 14.6. The molecule has 10 heteroatoms. The lowest BCUT2D eigenvalue weighted by Crippen LogP contribution is -2.31. The van der Waals surface area contributed by atoms with E-state index in [1.165, 1.54) is 12.1 Å². The Morgan fingerprint density at radius 1 is 1.26 bits per heavy atom. The molecule has 0 spiro atoms. The lowest BCUT2D eigenvalue weighted by molar-refractivity contribution is -0.0498. The van der Waals surface area contributed by atoms with Crippen LogP contribution in [0.5, 0.6) is 5.75 Å². The number of fused-ring (bicyclic) bond motifs is 1. The first-order chi connectivity index (χ1) is 12.9. The van der Waals surface area contributed by atoms with Crippen molar-refractivity contribution in [3.05, 3.63) is 30.5 Å². The zero-order valence-electron chi connectivity index (χ0n) is 14.6. The van der Waals surface area contributed by atoms with Gasteiger partial charge in [-0.1, -0.05) is 0 Å². The SMILES string of the molecule is Cn1ncc2c(Nc3ccc(OC(F)F)cc3)nc(NCC3(N)CC3)nc21. The Labute approximate surface area is 153 Å². The number of nitrogens with zero attached hydrogens (tertiary/aromatic N) is 4. The fraction of sp³-hybridized carbons (Fsp3) is 0.353. The highest BCUT2D eigenvalue weighted by molar-refractivity contribution is 5.89. The highest BCUT2D eigenvalue weighted by atomic mass is 19.3. The van der Waals surface area contributed by atoms with E-state index in [1.54, 1.807) is 30.1 Å². The van der Waals surface area contributed by atoms with Crippen molar-refractivity contribution in [2.45, 2.75) is 25.0 Å². The fourth-order valence-corrected chi connectivity index (χ4v) is 2.65. The van der Waals surface area contributed by atoms with Crippen molar-refractivity contribution in [1.82, 2.24) is 19.7 Å². The van der Waals surface area contributed by atoms with Crippen molar-refractivity contribution in [2.75, 3.05) is 17.2 Å². The maximum Gasteiger partial charge on any atom is 0.387 e. The van der Waals surface area contributed by atoms with Gasteiger partial charge in [0.05, 0.1) is 11.6 Å². The molecule has 0 radical (unpaired) electrons. The first-order valence-corrected chi connectivity index (χ1v) is 8.46. The predicted molar refractivity (Wildman–Crippen MR) is 97.3 cm³/mol. The minimum atomic E-state index is -2.85. The minimum Gasteiger partial charge on any atom is -0.435 e. The number of hydrogen-bond donors (Lipinski definition) is 3. The Bertz CT molecular complexity index is 954. The largest absolute Gasteiger partial charge is 0.435 e. The summed E-state index contributed by atoms with van der Waals surface area (Å²) in [5, 5.41) is 11.3. The zero-order chi connectivity index (χ0) is 19.0. The van der Waals surface area contributed by atoms with Gasteiger partial charge < -0.3 is 21.1 Å². The molecule has 1 aliphatic rings. The number of nitrogens with two attached hydrogens (primary N) is 1. The summed E-state index contributed by atoms with van der Waals surface area (Å²) >= 11 is 0. The lowest BCUT2D eigenvalue weighted by Gasteiger charge is -2.13. The third kappa shape index (κ3) is 3.90. The van der Waals surface area contributed by atoms with E-state index >= 15 is 0 Å². The number of anilines is 3. The van der Waals surface area contributed by atoms with Crippen LogP contribution in [-0.4, -0.2) is 38.4 Å². The van der Waals surface area contributed by atoms with Gasteiger partial charge in [-0.15, -0.1) is 0 Å². The van der Waals surface area contributed by atoms with Gasteiger partial charge in [-0.25, -0.2) is 0 Å². The molecule has 1 aromatic carbocycles. The van der Waals surface area contributed by atoms with E-state index in [-0.39, 0.29) is 11.3 Å². The fourth-order valence-electron chi connectivity index (χ4n) is 2.65. The number of aryl methyl sites for hydroxylation is 1. The Kier molecular flexibility index (Phi) is 4.27. The van der Waals surface area contributed by atoms with Crippen molar-refractivity contribution in [2.24, 2.45) is 12.8 Å². The highest BCUT2D eigenvalue weighted by Gasteiger charge is 2.38. The normalized spacial score (nSPS) is 15.1. The molecular weight excluding hydrogens is 356 g/mol. The summed E-state index contributed by atoms with van der Waals surface area (Å²) in [4.78, 5) is 9.01. The van der Waals surface area contributed by atoms with Crippen LogP contribution < -0.4 is 21.1 Å². The number of benzene rings is 1. The van der Waals surface area contributed by atoms with E-state index in [0.717, 1.165) is 18.2 Å². The molecular formula is C17H19F2N7O. The van der Waals surface area contributed by atoms with Crippen molar-refractivity contribution < 1.29 is 13.5 Å². The molecule has 3 aromatic rings. The molecule has 27 heavy (non-hydrogen) atoms. The Morgan fingerprint density at radius 3 is 2.67 bits per heavy atom. The van der Waals surface area contributed by atoms with Crippen LogP contribution in [0, 0.1) is 0 Å². The summed E-state index contributed by atoms with van der Waals surface area (Å²) in [5.74, 6) is 1.09. The van der Waals surface area contributed by atoms with Crippen molar-refractivity contribution >= 4 is 28.5 Å². The van der Waals surface area contributed by atoms with Crippen LogP contribution >= 0.6 is 0 Å². The molecule has 8 nitrogen and oxygen atoms in total. The average Bonchev–Trinajstić information content (AvgIpc) is 3.26. The number of ether oxygens (including phenoxy) is 1. The number of rotatable bonds is 7. The van der Waals surface area contributed by atoms with Crippen molar-refractivity contribution in [1.29, 1.82) is 0 Å². The van der Waals surface area contributed by atoms with Crippen LogP contribution in [0.3, 0.4) is 0 Å². The summed E-state index contributed by atoms with van der Waals surface area (Å²) in [7, 11) is 1.80. The van der Waals surface area contributed by atoms with Gasteiger partial charge >= 0.3 is 6.61 Å². The average molecular weight is 375 g/mol. The number of halogens is 2. The molecule has 0 saturated heterocycles. The molecule has 0 aliphatic heterocycles. The molecule has 0 amide bonds. The molecule has 0 unspecified atom stereocenters. The van der Waals surface area contributed by atoms with Gasteiger partial charge in [0.1, 0.15) is 11.6 Å². The van der Waals surface area contributed by atoms with Gasteiger partial charge in [-0.05, 0) is 37.1 Å². The van der Waals surface area contributed by atoms with E-state index < -0.39 is 6.61 Å². The van der Waals surface area contributed by atoms with Gasteiger partial charge in [0.2, 0.25) is 5.95 Å². The second kappa shape index (κ2) is 6.62. The van der Waals surface area contributed by atoms with Crippen LogP contribution in [0.1, 0.15) is 12.8 Å². The summed E-state index contributed by atoms with van der Waals surface area (Å²) in [6, 6.07) is 6.18. The molecule has 142 valence electrons. The minimum absolute atomic E-state index is 0.0878. The second-order valence-electron chi connectivity index (χ2n) is 6.65. The summed E-state index contributed by atoms with van der Waals surface area (Å²) in [6.45, 7) is -2.26. The maximum atomic E-state index is 12.3. The van der Waals surface area contributed by atoms with E-state index in [2.05, 4.69) is 30.4 Å². The summed E-state index contributed by atoms with van der Waals surface area (Å²) < 4.78 is 30.6.